The second-order valence-electron chi connectivity index (χ2n) is 8.30. The predicted molar refractivity (Wildman–Crippen MR) is 109 cm³/mol. The molecule has 2 saturated carbocycles. The molecule has 152 valence electrons. The fourth-order valence-corrected chi connectivity index (χ4v) is 5.72. The molecule has 0 saturated heterocycles. The molecule has 3 aliphatic rings. The lowest BCUT2D eigenvalue weighted by atomic mass is 9.63. The van der Waals surface area contributed by atoms with Crippen molar-refractivity contribution in [3.63, 3.8) is 0 Å². The number of benzene rings is 1. The van der Waals surface area contributed by atoms with E-state index in [1.807, 2.05) is 18.2 Å². The van der Waals surface area contributed by atoms with Gasteiger partial charge in [0.15, 0.2) is 5.84 Å². The summed E-state index contributed by atoms with van der Waals surface area (Å²) in [5, 5.41) is 7.49. The summed E-state index contributed by atoms with van der Waals surface area (Å²) in [5.41, 5.74) is 13.7. The van der Waals surface area contributed by atoms with E-state index in [4.69, 9.17) is 32.3 Å². The number of amidine groups is 1. The summed E-state index contributed by atoms with van der Waals surface area (Å²) in [7, 11) is 0. The number of nitrogens with one attached hydrogen (secondary N) is 1. The highest BCUT2D eigenvalue weighted by atomic mass is 35.5. The Bertz CT molecular complexity index is 724. The summed E-state index contributed by atoms with van der Waals surface area (Å²) in [6.07, 6.45) is 11.1. The summed E-state index contributed by atoms with van der Waals surface area (Å²) in [5.74, 6) is 1.65. The fraction of sp³-hybridized carbons (Fsp3) is 0.667. The lowest BCUT2D eigenvalue weighted by Gasteiger charge is -2.52. The van der Waals surface area contributed by atoms with Crippen molar-refractivity contribution in [2.45, 2.75) is 76.1 Å². The molecular formula is C21H29ClN4O2. The highest BCUT2D eigenvalue weighted by molar-refractivity contribution is 6.30. The van der Waals surface area contributed by atoms with Gasteiger partial charge < -0.3 is 15.2 Å². The van der Waals surface area contributed by atoms with Gasteiger partial charge in [-0.25, -0.2) is 0 Å². The van der Waals surface area contributed by atoms with Gasteiger partial charge in [0.1, 0.15) is 11.4 Å². The maximum absolute atomic E-state index is 7.04. The zero-order valence-corrected chi connectivity index (χ0v) is 17.0. The zero-order valence-electron chi connectivity index (χ0n) is 16.2. The van der Waals surface area contributed by atoms with Crippen molar-refractivity contribution in [1.82, 2.24) is 0 Å². The average molecular weight is 405 g/mol. The molecule has 0 amide bonds. The molecule has 1 aliphatic heterocycles. The second kappa shape index (κ2) is 8.37. The Morgan fingerprint density at radius 1 is 1.04 bits per heavy atom. The Hall–Kier alpha value is -1.66. The molecule has 2 aliphatic carbocycles. The van der Waals surface area contributed by atoms with Gasteiger partial charge in [-0.2, -0.15) is 5.53 Å². The fourth-order valence-electron chi connectivity index (χ4n) is 5.54. The maximum Gasteiger partial charge on any atom is 0.261 e. The van der Waals surface area contributed by atoms with Gasteiger partial charge in [0.25, 0.3) is 6.29 Å². The summed E-state index contributed by atoms with van der Waals surface area (Å²) < 4.78 is 12.8. The van der Waals surface area contributed by atoms with E-state index in [0.717, 1.165) is 37.0 Å². The molecule has 1 heterocycles. The first kappa shape index (κ1) is 19.6. The molecule has 0 aromatic heterocycles. The molecular weight excluding hydrogens is 376 g/mol. The Kier molecular flexibility index (Phi) is 5.88. The third kappa shape index (κ3) is 3.52. The molecule has 6 nitrogen and oxygen atoms in total. The molecule has 4 rings (SSSR count). The van der Waals surface area contributed by atoms with Crippen molar-refractivity contribution >= 4 is 17.4 Å². The summed E-state index contributed by atoms with van der Waals surface area (Å²) >= 11 is 6.43. The highest BCUT2D eigenvalue weighted by Crippen LogP contribution is 2.56. The van der Waals surface area contributed by atoms with Gasteiger partial charge in [-0.15, -0.1) is 5.10 Å². The number of fused-ring (bicyclic) bond motifs is 1. The van der Waals surface area contributed by atoms with Crippen LogP contribution in [-0.4, -0.2) is 12.1 Å². The van der Waals surface area contributed by atoms with Gasteiger partial charge in [0.05, 0.1) is 0 Å². The van der Waals surface area contributed by atoms with Crippen molar-refractivity contribution in [1.29, 1.82) is 5.53 Å². The molecule has 1 unspecified atom stereocenters. The molecule has 1 aromatic carbocycles. The van der Waals surface area contributed by atoms with Crippen molar-refractivity contribution in [2.24, 2.45) is 27.9 Å². The number of halogens is 1. The molecule has 7 heteroatoms. The monoisotopic (exact) mass is 404 g/mol. The second-order valence-corrected chi connectivity index (χ2v) is 8.73. The van der Waals surface area contributed by atoms with E-state index in [-0.39, 0.29) is 5.84 Å². The van der Waals surface area contributed by atoms with Crippen LogP contribution in [0.25, 0.3) is 0 Å². The standard InChI is InChI=1S/C21H29ClN4O2/c22-16-11-12-18-17(13-16)21(14-7-3-1-4-8-14,15-9-5-2-6-10-15)28-20(27-18)19(23)25-26-24/h11-15,20H,1-10H2,(H3,23,24,25). The number of hydrogen-bond acceptors (Lipinski definition) is 4. The highest BCUT2D eigenvalue weighted by Gasteiger charge is 2.54. The molecule has 1 aromatic rings. The molecule has 28 heavy (non-hydrogen) atoms. The van der Waals surface area contributed by atoms with E-state index >= 15 is 0 Å². The van der Waals surface area contributed by atoms with Crippen molar-refractivity contribution in [3.8, 4) is 5.75 Å². The van der Waals surface area contributed by atoms with E-state index < -0.39 is 11.9 Å². The number of hydrogen-bond donors (Lipinski definition) is 2. The van der Waals surface area contributed by atoms with Crippen LogP contribution in [0.3, 0.4) is 0 Å². The van der Waals surface area contributed by atoms with E-state index in [0.29, 0.717) is 16.9 Å². The zero-order chi connectivity index (χ0) is 19.6. The average Bonchev–Trinajstić information content (AvgIpc) is 2.74. The maximum atomic E-state index is 7.04. The number of rotatable bonds is 4. The van der Waals surface area contributed by atoms with Crippen LogP contribution >= 0.6 is 11.6 Å². The van der Waals surface area contributed by atoms with Crippen molar-refractivity contribution in [2.75, 3.05) is 0 Å². The molecule has 0 bridgehead atoms. The Labute approximate surface area is 171 Å². The Morgan fingerprint density at radius 2 is 1.64 bits per heavy atom. The summed E-state index contributed by atoms with van der Waals surface area (Å²) in [6.45, 7) is 0. The summed E-state index contributed by atoms with van der Waals surface area (Å²) in [6, 6.07) is 5.79. The molecule has 0 spiro atoms. The van der Waals surface area contributed by atoms with Gasteiger partial charge >= 0.3 is 0 Å². The van der Waals surface area contributed by atoms with Crippen LogP contribution in [0, 0.1) is 17.4 Å². The molecule has 3 N–H and O–H groups in total. The lowest BCUT2D eigenvalue weighted by Crippen LogP contribution is -2.55. The quantitative estimate of drug-likeness (QED) is 0.290. The minimum Gasteiger partial charge on any atom is -0.457 e. The van der Waals surface area contributed by atoms with E-state index in [9.17, 15) is 0 Å². The van der Waals surface area contributed by atoms with Crippen LogP contribution < -0.4 is 10.5 Å². The van der Waals surface area contributed by atoms with Gasteiger partial charge in [0, 0.05) is 10.6 Å². The van der Waals surface area contributed by atoms with Crippen molar-refractivity contribution in [3.05, 3.63) is 28.8 Å². The number of nitrogens with zero attached hydrogens (tertiary/aromatic N) is 2. The van der Waals surface area contributed by atoms with Crippen LogP contribution in [0.15, 0.2) is 28.5 Å². The van der Waals surface area contributed by atoms with E-state index in [1.165, 1.54) is 38.5 Å². The van der Waals surface area contributed by atoms with Crippen molar-refractivity contribution < 1.29 is 9.47 Å². The Morgan fingerprint density at radius 3 is 2.21 bits per heavy atom. The smallest absolute Gasteiger partial charge is 0.261 e. The van der Waals surface area contributed by atoms with Gasteiger partial charge in [-0.1, -0.05) is 55.3 Å². The van der Waals surface area contributed by atoms with Crippen LogP contribution in [0.4, 0.5) is 0 Å². The van der Waals surface area contributed by atoms with E-state index in [1.54, 1.807) is 0 Å². The minimum absolute atomic E-state index is 0.0894. The third-order valence-electron chi connectivity index (χ3n) is 6.73. The first-order valence-electron chi connectivity index (χ1n) is 10.5. The van der Waals surface area contributed by atoms with E-state index in [2.05, 4.69) is 10.3 Å². The van der Waals surface area contributed by atoms with Gasteiger partial charge in [-0.3, -0.25) is 0 Å². The molecule has 2 fully saturated rings. The first-order valence-corrected chi connectivity index (χ1v) is 10.9. The lowest BCUT2D eigenvalue weighted by molar-refractivity contribution is -0.226. The minimum atomic E-state index is -0.827. The third-order valence-corrected chi connectivity index (χ3v) is 6.96. The number of nitrogens with two attached hydrogens (primary N) is 1. The van der Waals surface area contributed by atoms with Gasteiger partial charge in [0.2, 0.25) is 0 Å². The van der Waals surface area contributed by atoms with Crippen LogP contribution in [0.5, 0.6) is 5.75 Å². The normalized spacial score (nSPS) is 26.3. The number of ether oxygens (including phenoxy) is 2. The molecule has 0 radical (unpaired) electrons. The van der Waals surface area contributed by atoms with Crippen LogP contribution in [0.1, 0.15) is 69.8 Å². The topological polar surface area (TPSA) is 93.1 Å². The Balaban J connectivity index is 1.86. The SMILES string of the molecule is N=N/N=C(\N)C1Oc2ccc(Cl)cc2C(C2CCCCC2)(C2CCCCC2)O1. The van der Waals surface area contributed by atoms with Gasteiger partial charge in [-0.05, 0) is 55.7 Å². The largest absolute Gasteiger partial charge is 0.457 e. The summed E-state index contributed by atoms with van der Waals surface area (Å²) in [4.78, 5) is 0. The van der Waals surface area contributed by atoms with Crippen LogP contribution in [-0.2, 0) is 10.3 Å². The molecule has 1 atom stereocenters. The first-order chi connectivity index (χ1) is 13.6. The predicted octanol–water partition coefficient (Wildman–Crippen LogP) is 5.73. The van der Waals surface area contributed by atoms with Crippen LogP contribution in [0.2, 0.25) is 5.02 Å².